The van der Waals surface area contributed by atoms with Crippen molar-refractivity contribution in [3.8, 4) is 5.75 Å². The van der Waals surface area contributed by atoms with Gasteiger partial charge in [-0.1, -0.05) is 32.9 Å². The molecule has 0 bridgehead atoms. The minimum atomic E-state index is -1.33. The number of anilines is 1. The van der Waals surface area contributed by atoms with E-state index in [2.05, 4.69) is 10.3 Å². The molecule has 0 aliphatic carbocycles. The highest BCUT2D eigenvalue weighted by Crippen LogP contribution is 2.40. The number of carbonyl (C=O) groups excluding carboxylic acids is 1. The van der Waals surface area contributed by atoms with E-state index in [1.165, 1.54) is 26.1 Å². The lowest BCUT2D eigenvalue weighted by Gasteiger charge is -2.28. The van der Waals surface area contributed by atoms with Crippen molar-refractivity contribution < 1.29 is 19.8 Å². The van der Waals surface area contributed by atoms with Crippen molar-refractivity contribution in [1.82, 2.24) is 4.98 Å². The normalized spacial score (nSPS) is 12.0. The minimum absolute atomic E-state index is 0.0620. The summed E-state index contributed by atoms with van der Waals surface area (Å²) >= 11 is 0. The highest BCUT2D eigenvalue weighted by molar-refractivity contribution is 6.06. The first-order chi connectivity index (χ1) is 14.3. The second-order valence-electron chi connectivity index (χ2n) is 9.13. The maximum absolute atomic E-state index is 13.0. The number of para-hydroxylation sites is 1. The summed E-state index contributed by atoms with van der Waals surface area (Å²) in [5.74, 6) is -1.95. The maximum Gasteiger partial charge on any atom is 0.313 e. The third kappa shape index (κ3) is 4.03. The molecule has 31 heavy (non-hydrogen) atoms. The first kappa shape index (κ1) is 22.1. The zero-order valence-corrected chi connectivity index (χ0v) is 18.2. The average Bonchev–Trinajstić information content (AvgIpc) is 2.67. The van der Waals surface area contributed by atoms with Gasteiger partial charge in [-0.15, -0.1) is 0 Å². The van der Waals surface area contributed by atoms with Crippen LogP contribution in [0.25, 0.3) is 10.9 Å². The quantitative estimate of drug-likeness (QED) is 0.504. The summed E-state index contributed by atoms with van der Waals surface area (Å²) < 4.78 is 0. The third-order valence-corrected chi connectivity index (χ3v) is 5.43. The standard InChI is InChI=1S/C24H26N2O5/c1-23(2,3)15-10-16(24(4,5)22(30)31)19(27)11-18(15)26-21(29)14-12-25-17-9-7-6-8-13(17)20(14)28/h6-12,27H,1-5H3,(H,25,28)(H,26,29)(H,30,31). The first-order valence-corrected chi connectivity index (χ1v) is 9.87. The van der Waals surface area contributed by atoms with Crippen LogP contribution < -0.4 is 10.7 Å². The SMILES string of the molecule is CC(C)(C)c1cc(C(C)(C)C(=O)O)c(O)cc1NC(=O)c1c[nH]c2ccccc2c1=O. The van der Waals surface area contributed by atoms with Crippen LogP contribution in [-0.2, 0) is 15.6 Å². The number of nitrogens with one attached hydrogen (secondary N) is 2. The monoisotopic (exact) mass is 422 g/mol. The summed E-state index contributed by atoms with van der Waals surface area (Å²) in [5, 5.41) is 23.3. The van der Waals surface area contributed by atoms with Gasteiger partial charge in [-0.25, -0.2) is 0 Å². The number of aliphatic carboxylic acids is 1. The number of aromatic hydroxyl groups is 1. The first-order valence-electron chi connectivity index (χ1n) is 9.87. The summed E-state index contributed by atoms with van der Waals surface area (Å²) in [5.41, 5.74) is -0.459. The van der Waals surface area contributed by atoms with Crippen LogP contribution in [0.4, 0.5) is 5.69 Å². The second kappa shape index (κ2) is 7.58. The number of carbonyl (C=O) groups is 2. The van der Waals surface area contributed by atoms with Crippen molar-refractivity contribution in [2.45, 2.75) is 45.4 Å². The number of rotatable bonds is 4. The second-order valence-corrected chi connectivity index (χ2v) is 9.13. The zero-order valence-electron chi connectivity index (χ0n) is 18.2. The van der Waals surface area contributed by atoms with E-state index in [9.17, 15) is 24.6 Å². The molecule has 1 heterocycles. The van der Waals surface area contributed by atoms with Gasteiger partial charge < -0.3 is 20.5 Å². The number of pyridine rings is 1. The number of carboxylic acids is 1. The molecule has 162 valence electrons. The van der Waals surface area contributed by atoms with Crippen molar-refractivity contribution in [3.63, 3.8) is 0 Å². The number of benzene rings is 2. The molecule has 7 nitrogen and oxygen atoms in total. The topological polar surface area (TPSA) is 119 Å². The van der Waals surface area contributed by atoms with Crippen LogP contribution in [0.3, 0.4) is 0 Å². The summed E-state index contributed by atoms with van der Waals surface area (Å²) in [6.07, 6.45) is 1.36. The van der Waals surface area contributed by atoms with Gasteiger partial charge in [-0.05, 0) is 43.0 Å². The van der Waals surface area contributed by atoms with Gasteiger partial charge in [0.25, 0.3) is 5.91 Å². The minimum Gasteiger partial charge on any atom is -0.508 e. The fourth-order valence-corrected chi connectivity index (χ4v) is 3.45. The largest absolute Gasteiger partial charge is 0.508 e. The lowest BCUT2D eigenvalue weighted by Crippen LogP contribution is -2.30. The fourth-order valence-electron chi connectivity index (χ4n) is 3.45. The number of fused-ring (bicyclic) bond motifs is 1. The van der Waals surface area contributed by atoms with Crippen LogP contribution in [-0.4, -0.2) is 27.1 Å². The van der Waals surface area contributed by atoms with E-state index >= 15 is 0 Å². The Morgan fingerprint density at radius 3 is 2.26 bits per heavy atom. The highest BCUT2D eigenvalue weighted by Gasteiger charge is 2.34. The summed E-state index contributed by atoms with van der Waals surface area (Å²) in [6.45, 7) is 8.74. The number of phenols is 1. The number of aromatic nitrogens is 1. The molecule has 3 aromatic rings. The Balaban J connectivity index is 2.10. The molecule has 1 amide bonds. The molecule has 0 aliphatic rings. The zero-order chi connectivity index (χ0) is 23.1. The van der Waals surface area contributed by atoms with E-state index in [4.69, 9.17) is 0 Å². The van der Waals surface area contributed by atoms with E-state index < -0.39 is 28.1 Å². The molecule has 0 aliphatic heterocycles. The van der Waals surface area contributed by atoms with E-state index in [-0.39, 0.29) is 16.9 Å². The Bertz CT molecular complexity index is 1250. The van der Waals surface area contributed by atoms with E-state index in [0.717, 1.165) is 0 Å². The lowest BCUT2D eigenvalue weighted by atomic mass is 9.78. The smallest absolute Gasteiger partial charge is 0.313 e. The molecule has 0 atom stereocenters. The lowest BCUT2D eigenvalue weighted by molar-refractivity contribution is -0.142. The van der Waals surface area contributed by atoms with Gasteiger partial charge >= 0.3 is 5.97 Å². The maximum atomic E-state index is 13.0. The molecule has 3 rings (SSSR count). The molecule has 2 aromatic carbocycles. The Morgan fingerprint density at radius 1 is 1.00 bits per heavy atom. The molecular weight excluding hydrogens is 396 g/mol. The fraction of sp³-hybridized carbons (Fsp3) is 0.292. The van der Waals surface area contributed by atoms with Gasteiger partial charge in [-0.2, -0.15) is 0 Å². The molecule has 0 unspecified atom stereocenters. The number of phenolic OH excluding ortho intramolecular Hbond substituents is 1. The number of H-pyrrole nitrogens is 1. The number of amides is 1. The highest BCUT2D eigenvalue weighted by atomic mass is 16.4. The van der Waals surface area contributed by atoms with E-state index in [0.29, 0.717) is 22.2 Å². The van der Waals surface area contributed by atoms with Crippen molar-refractivity contribution in [2.24, 2.45) is 0 Å². The van der Waals surface area contributed by atoms with Crippen LogP contribution >= 0.6 is 0 Å². The average molecular weight is 422 g/mol. The Kier molecular flexibility index (Phi) is 5.40. The molecular formula is C24H26N2O5. The number of carboxylic acid groups (broad SMARTS) is 1. The number of aromatic amines is 1. The summed E-state index contributed by atoms with van der Waals surface area (Å²) in [7, 11) is 0. The van der Waals surface area contributed by atoms with Crippen molar-refractivity contribution in [1.29, 1.82) is 0 Å². The van der Waals surface area contributed by atoms with E-state index in [1.54, 1.807) is 30.3 Å². The summed E-state index contributed by atoms with van der Waals surface area (Å²) in [6, 6.07) is 9.84. The molecule has 4 N–H and O–H groups in total. The Morgan fingerprint density at radius 2 is 1.65 bits per heavy atom. The molecule has 0 spiro atoms. The van der Waals surface area contributed by atoms with Crippen molar-refractivity contribution >= 4 is 28.5 Å². The summed E-state index contributed by atoms with van der Waals surface area (Å²) in [4.78, 5) is 40.4. The van der Waals surface area contributed by atoms with Gasteiger partial charge in [0.2, 0.25) is 5.43 Å². The Labute approximate surface area is 179 Å². The van der Waals surface area contributed by atoms with Gasteiger partial charge in [0.05, 0.1) is 5.41 Å². The van der Waals surface area contributed by atoms with Gasteiger partial charge in [0.15, 0.2) is 0 Å². The molecule has 0 saturated carbocycles. The molecule has 1 aromatic heterocycles. The van der Waals surface area contributed by atoms with E-state index in [1.807, 2.05) is 20.8 Å². The predicted octanol–water partition coefficient (Wildman–Crippen LogP) is 4.15. The van der Waals surface area contributed by atoms with Crippen LogP contribution in [0.5, 0.6) is 5.75 Å². The van der Waals surface area contributed by atoms with Crippen LogP contribution in [0.1, 0.15) is 56.1 Å². The third-order valence-electron chi connectivity index (χ3n) is 5.43. The number of hydrogen-bond donors (Lipinski definition) is 4. The van der Waals surface area contributed by atoms with Crippen LogP contribution in [0.2, 0.25) is 0 Å². The van der Waals surface area contributed by atoms with Gasteiger partial charge in [0, 0.05) is 34.4 Å². The number of hydrogen-bond acceptors (Lipinski definition) is 4. The van der Waals surface area contributed by atoms with Crippen LogP contribution in [0, 0.1) is 0 Å². The predicted molar refractivity (Wildman–Crippen MR) is 120 cm³/mol. The van der Waals surface area contributed by atoms with Crippen molar-refractivity contribution in [3.05, 3.63) is 69.5 Å². The Hall–Kier alpha value is -3.61. The van der Waals surface area contributed by atoms with Crippen molar-refractivity contribution in [2.75, 3.05) is 5.32 Å². The van der Waals surface area contributed by atoms with Gasteiger partial charge in [0.1, 0.15) is 11.3 Å². The molecule has 7 heteroatoms. The molecule has 0 saturated heterocycles. The van der Waals surface area contributed by atoms with Crippen LogP contribution in [0.15, 0.2) is 47.4 Å². The van der Waals surface area contributed by atoms with Gasteiger partial charge in [-0.3, -0.25) is 14.4 Å². The molecule has 0 radical (unpaired) electrons. The molecule has 0 fully saturated rings.